The molecule has 1 N–H and O–H groups in total. The molecule has 2 amide bonds. The number of hydrogen-bond acceptors (Lipinski definition) is 5. The lowest BCUT2D eigenvalue weighted by atomic mass is 9.90. The number of benzene rings is 1. The molecule has 2 unspecified atom stereocenters. The summed E-state index contributed by atoms with van der Waals surface area (Å²) >= 11 is 0. The van der Waals surface area contributed by atoms with Crippen LogP contribution in [0.3, 0.4) is 0 Å². The highest BCUT2D eigenvalue weighted by Gasteiger charge is 2.43. The second kappa shape index (κ2) is 8.17. The second-order valence-electron chi connectivity index (χ2n) is 8.11. The molecule has 3 rings (SSSR count). The van der Waals surface area contributed by atoms with Gasteiger partial charge in [0.25, 0.3) is 0 Å². The molecule has 7 heteroatoms. The molecule has 0 aromatic heterocycles. The quantitative estimate of drug-likeness (QED) is 0.877. The van der Waals surface area contributed by atoms with E-state index in [2.05, 4.69) is 5.32 Å². The number of piperidine rings is 1. The van der Waals surface area contributed by atoms with Crippen molar-refractivity contribution in [2.24, 2.45) is 0 Å². The third-order valence-electron chi connectivity index (χ3n) is 4.66. The largest absolute Gasteiger partial charge is 0.445 e. The summed E-state index contributed by atoms with van der Waals surface area (Å²) in [5.41, 5.74) is 0.416. The summed E-state index contributed by atoms with van der Waals surface area (Å²) in [4.78, 5) is 26.5. The fourth-order valence-corrected chi connectivity index (χ4v) is 3.60. The minimum absolute atomic E-state index is 0.0445. The number of nitrogens with one attached hydrogen (secondary N) is 1. The Balaban J connectivity index is 1.56. The highest BCUT2D eigenvalue weighted by Crippen LogP contribution is 2.29. The summed E-state index contributed by atoms with van der Waals surface area (Å²) in [6.07, 6.45) is 0.492. The lowest BCUT2D eigenvalue weighted by Gasteiger charge is -2.47. The van der Waals surface area contributed by atoms with Gasteiger partial charge in [0, 0.05) is 6.04 Å². The van der Waals surface area contributed by atoms with E-state index in [1.807, 2.05) is 51.1 Å². The van der Waals surface area contributed by atoms with Crippen LogP contribution in [0, 0.1) is 0 Å². The molecule has 2 aliphatic heterocycles. The van der Waals surface area contributed by atoms with Crippen LogP contribution < -0.4 is 5.32 Å². The fraction of sp³-hybridized carbons (Fsp3) is 0.600. The standard InChI is InChI=1S/C20H28N2O5/c1-20(2,3)27-18(23)21-15-9-16-12-25-13-17(10-15)22(16)19(24)26-11-14-7-5-4-6-8-14/h4-8,15-17H,9-13H2,1-3H3,(H,21,23). The van der Waals surface area contributed by atoms with E-state index in [-0.39, 0.29) is 30.8 Å². The Hall–Kier alpha value is -2.28. The van der Waals surface area contributed by atoms with E-state index in [0.717, 1.165) is 5.56 Å². The van der Waals surface area contributed by atoms with Crippen molar-refractivity contribution in [2.45, 2.75) is 63.9 Å². The van der Waals surface area contributed by atoms with Crippen LogP contribution in [0.5, 0.6) is 0 Å². The highest BCUT2D eigenvalue weighted by atomic mass is 16.6. The van der Waals surface area contributed by atoms with Gasteiger partial charge in [-0.2, -0.15) is 0 Å². The van der Waals surface area contributed by atoms with Gasteiger partial charge in [-0.05, 0) is 39.2 Å². The number of ether oxygens (including phenoxy) is 3. The van der Waals surface area contributed by atoms with E-state index in [1.54, 1.807) is 4.90 Å². The van der Waals surface area contributed by atoms with Crippen molar-refractivity contribution in [3.63, 3.8) is 0 Å². The van der Waals surface area contributed by atoms with Crippen molar-refractivity contribution in [1.29, 1.82) is 0 Å². The summed E-state index contributed by atoms with van der Waals surface area (Å²) in [5.74, 6) is 0. The van der Waals surface area contributed by atoms with Crippen LogP contribution in [0.1, 0.15) is 39.2 Å². The molecule has 148 valence electrons. The van der Waals surface area contributed by atoms with Gasteiger partial charge in [-0.3, -0.25) is 4.90 Å². The molecule has 27 heavy (non-hydrogen) atoms. The zero-order valence-corrected chi connectivity index (χ0v) is 16.1. The van der Waals surface area contributed by atoms with E-state index in [1.165, 1.54) is 0 Å². The summed E-state index contributed by atoms with van der Waals surface area (Å²) < 4.78 is 16.5. The van der Waals surface area contributed by atoms with Crippen molar-refractivity contribution in [2.75, 3.05) is 13.2 Å². The molecule has 1 aromatic rings. The van der Waals surface area contributed by atoms with Crippen LogP contribution in [0.15, 0.2) is 30.3 Å². The van der Waals surface area contributed by atoms with Crippen molar-refractivity contribution in [3.8, 4) is 0 Å². The van der Waals surface area contributed by atoms with Gasteiger partial charge in [0.15, 0.2) is 0 Å². The predicted octanol–water partition coefficient (Wildman–Crippen LogP) is 3.08. The lowest BCUT2D eigenvalue weighted by Crippen LogP contribution is -2.62. The van der Waals surface area contributed by atoms with Gasteiger partial charge in [-0.15, -0.1) is 0 Å². The third-order valence-corrected chi connectivity index (χ3v) is 4.66. The Bertz CT molecular complexity index is 644. The number of rotatable bonds is 3. The van der Waals surface area contributed by atoms with Crippen LogP contribution in [0.25, 0.3) is 0 Å². The zero-order chi connectivity index (χ0) is 19.4. The first-order valence-corrected chi connectivity index (χ1v) is 9.38. The van der Waals surface area contributed by atoms with Crippen molar-refractivity contribution >= 4 is 12.2 Å². The smallest absolute Gasteiger partial charge is 0.410 e. The van der Waals surface area contributed by atoms with E-state index in [4.69, 9.17) is 14.2 Å². The maximum atomic E-state index is 12.6. The molecule has 2 fully saturated rings. The van der Waals surface area contributed by atoms with Gasteiger partial charge in [-0.1, -0.05) is 30.3 Å². The molecule has 0 radical (unpaired) electrons. The fourth-order valence-electron chi connectivity index (χ4n) is 3.60. The number of carbonyl (C=O) groups is 2. The van der Waals surface area contributed by atoms with Gasteiger partial charge in [-0.25, -0.2) is 9.59 Å². The molecular weight excluding hydrogens is 348 g/mol. The molecule has 2 heterocycles. The Morgan fingerprint density at radius 2 is 1.78 bits per heavy atom. The number of nitrogens with zero attached hydrogens (tertiary/aromatic N) is 1. The molecule has 2 atom stereocenters. The minimum atomic E-state index is -0.537. The van der Waals surface area contributed by atoms with Crippen molar-refractivity contribution in [1.82, 2.24) is 10.2 Å². The maximum absolute atomic E-state index is 12.6. The lowest BCUT2D eigenvalue weighted by molar-refractivity contribution is -0.0735. The van der Waals surface area contributed by atoms with Gasteiger partial charge in [0.05, 0.1) is 25.3 Å². The number of hydrogen-bond donors (Lipinski definition) is 1. The summed E-state index contributed by atoms with van der Waals surface area (Å²) in [7, 11) is 0. The number of fused-ring (bicyclic) bond motifs is 2. The first kappa shape index (κ1) is 19.5. The zero-order valence-electron chi connectivity index (χ0n) is 16.1. The monoisotopic (exact) mass is 376 g/mol. The Labute approximate surface area is 160 Å². The predicted molar refractivity (Wildman–Crippen MR) is 99.3 cm³/mol. The number of carbonyl (C=O) groups excluding carboxylic acids is 2. The molecule has 0 spiro atoms. The molecular formula is C20H28N2O5. The van der Waals surface area contributed by atoms with Crippen LogP contribution in [-0.4, -0.2) is 54.0 Å². The normalized spacial score (nSPS) is 24.9. The highest BCUT2D eigenvalue weighted by molar-refractivity contribution is 5.70. The second-order valence-corrected chi connectivity index (χ2v) is 8.11. The van der Waals surface area contributed by atoms with E-state index in [9.17, 15) is 9.59 Å². The molecule has 7 nitrogen and oxygen atoms in total. The average molecular weight is 376 g/mol. The number of morpholine rings is 1. The van der Waals surface area contributed by atoms with Gasteiger partial charge >= 0.3 is 12.2 Å². The minimum Gasteiger partial charge on any atom is -0.445 e. The van der Waals surface area contributed by atoms with Crippen molar-refractivity contribution in [3.05, 3.63) is 35.9 Å². The summed E-state index contributed by atoms with van der Waals surface area (Å²) in [6, 6.07) is 9.34. The van der Waals surface area contributed by atoms with Crippen LogP contribution in [-0.2, 0) is 20.8 Å². The van der Waals surface area contributed by atoms with Gasteiger partial charge in [0.2, 0.25) is 0 Å². The van der Waals surface area contributed by atoms with E-state index in [0.29, 0.717) is 26.1 Å². The maximum Gasteiger partial charge on any atom is 0.410 e. The molecule has 0 saturated carbocycles. The van der Waals surface area contributed by atoms with Crippen LogP contribution in [0.2, 0.25) is 0 Å². The molecule has 2 bridgehead atoms. The third kappa shape index (κ3) is 5.35. The van der Waals surface area contributed by atoms with E-state index >= 15 is 0 Å². The van der Waals surface area contributed by atoms with Crippen molar-refractivity contribution < 1.29 is 23.8 Å². The average Bonchev–Trinajstić information content (AvgIpc) is 2.58. The molecule has 1 aromatic carbocycles. The van der Waals surface area contributed by atoms with Crippen LogP contribution >= 0.6 is 0 Å². The first-order chi connectivity index (χ1) is 12.8. The summed E-state index contributed by atoms with van der Waals surface area (Å²) in [5, 5.41) is 2.93. The van der Waals surface area contributed by atoms with E-state index < -0.39 is 11.7 Å². The first-order valence-electron chi connectivity index (χ1n) is 9.38. The molecule has 2 aliphatic rings. The van der Waals surface area contributed by atoms with Gasteiger partial charge < -0.3 is 19.5 Å². The van der Waals surface area contributed by atoms with Gasteiger partial charge in [0.1, 0.15) is 12.2 Å². The topological polar surface area (TPSA) is 77.1 Å². The van der Waals surface area contributed by atoms with Crippen LogP contribution in [0.4, 0.5) is 9.59 Å². The summed E-state index contributed by atoms with van der Waals surface area (Å²) in [6.45, 7) is 6.64. The number of alkyl carbamates (subject to hydrolysis) is 1. The number of amides is 2. The Morgan fingerprint density at radius 3 is 2.37 bits per heavy atom. The SMILES string of the molecule is CC(C)(C)OC(=O)NC1CC2COCC(C1)N2C(=O)OCc1ccccc1. The Kier molecular flexibility index (Phi) is 5.89. The Morgan fingerprint density at radius 1 is 1.15 bits per heavy atom. The molecule has 0 aliphatic carbocycles. The molecule has 2 saturated heterocycles.